The van der Waals surface area contributed by atoms with Gasteiger partial charge in [-0.25, -0.2) is 14.4 Å². The van der Waals surface area contributed by atoms with Crippen molar-refractivity contribution in [3.8, 4) is 0 Å². The number of rotatable bonds is 8. The van der Waals surface area contributed by atoms with Gasteiger partial charge in [-0.2, -0.15) is 0 Å². The van der Waals surface area contributed by atoms with Crippen LogP contribution in [0.25, 0.3) is 0 Å². The van der Waals surface area contributed by atoms with Gasteiger partial charge in [-0.1, -0.05) is 30.3 Å². The number of carboxylic acid groups (broad SMARTS) is 2. The van der Waals surface area contributed by atoms with Gasteiger partial charge in [0.2, 0.25) is 0 Å². The molecule has 0 spiro atoms. The Morgan fingerprint density at radius 1 is 0.833 bits per heavy atom. The number of nitrogens with one attached hydrogen (secondary N) is 1. The third-order valence-corrected chi connectivity index (χ3v) is 3.94. The van der Waals surface area contributed by atoms with Crippen molar-refractivity contribution in [3.63, 3.8) is 0 Å². The van der Waals surface area contributed by atoms with E-state index in [1.165, 1.54) is 18.2 Å². The zero-order valence-corrected chi connectivity index (χ0v) is 17.1. The minimum atomic E-state index is -1.30. The van der Waals surface area contributed by atoms with Crippen molar-refractivity contribution in [2.45, 2.75) is 46.1 Å². The number of carbonyl (C=O) groups is 3. The Labute approximate surface area is 174 Å². The summed E-state index contributed by atoms with van der Waals surface area (Å²) < 4.78 is 10.8. The van der Waals surface area contributed by atoms with E-state index in [4.69, 9.17) is 19.7 Å². The number of carboxylic acids is 2. The quantitative estimate of drug-likeness (QED) is 0.599. The summed E-state index contributed by atoms with van der Waals surface area (Å²) >= 11 is 0. The number of amides is 1. The summed E-state index contributed by atoms with van der Waals surface area (Å²) in [5.74, 6) is -2.59. The predicted octanol–water partition coefficient (Wildman–Crippen LogP) is 3.82. The number of hydrogen-bond donors (Lipinski definition) is 3. The number of hydrogen-bond acceptors (Lipinski definition) is 5. The third kappa shape index (κ3) is 7.21. The Morgan fingerprint density at radius 3 is 1.93 bits per heavy atom. The van der Waals surface area contributed by atoms with Crippen LogP contribution in [0.5, 0.6) is 0 Å². The standard InChI is InChI=1S/C22H25NO7/c1-22(2,3)30-21(28)23-11-14-4-6-15(7-5-14)12-29-13-16-8-9-17(19(24)25)18(10-16)20(26)27/h4-10H,11-13H2,1-3H3,(H,23,28)(H,24,25)(H,26,27). The van der Waals surface area contributed by atoms with Crippen molar-refractivity contribution in [2.24, 2.45) is 0 Å². The highest BCUT2D eigenvalue weighted by atomic mass is 16.6. The fraction of sp³-hybridized carbons (Fsp3) is 0.318. The maximum atomic E-state index is 11.7. The lowest BCUT2D eigenvalue weighted by molar-refractivity contribution is 0.0522. The van der Waals surface area contributed by atoms with Crippen molar-refractivity contribution >= 4 is 18.0 Å². The number of ether oxygens (including phenoxy) is 2. The molecule has 2 aromatic rings. The SMILES string of the molecule is CC(C)(C)OC(=O)NCc1ccc(COCc2ccc(C(=O)O)c(C(=O)O)c2)cc1. The van der Waals surface area contributed by atoms with Crippen molar-refractivity contribution in [2.75, 3.05) is 0 Å². The van der Waals surface area contributed by atoms with E-state index in [0.29, 0.717) is 18.7 Å². The Morgan fingerprint density at radius 2 is 1.37 bits per heavy atom. The highest BCUT2D eigenvalue weighted by Crippen LogP contribution is 2.15. The molecule has 2 rings (SSSR count). The first-order valence-corrected chi connectivity index (χ1v) is 9.27. The molecule has 30 heavy (non-hydrogen) atoms. The van der Waals surface area contributed by atoms with E-state index >= 15 is 0 Å². The Bertz CT molecular complexity index is 914. The first-order valence-electron chi connectivity index (χ1n) is 9.27. The Balaban J connectivity index is 1.86. The second-order valence-corrected chi connectivity index (χ2v) is 7.65. The molecule has 0 saturated carbocycles. The van der Waals surface area contributed by atoms with Gasteiger partial charge in [0, 0.05) is 6.54 Å². The van der Waals surface area contributed by atoms with Gasteiger partial charge >= 0.3 is 18.0 Å². The van der Waals surface area contributed by atoms with Crippen LogP contribution in [0.2, 0.25) is 0 Å². The highest BCUT2D eigenvalue weighted by molar-refractivity contribution is 6.01. The number of carbonyl (C=O) groups excluding carboxylic acids is 1. The van der Waals surface area contributed by atoms with Crippen LogP contribution in [-0.4, -0.2) is 33.8 Å². The van der Waals surface area contributed by atoms with E-state index in [1.54, 1.807) is 20.8 Å². The number of benzene rings is 2. The van der Waals surface area contributed by atoms with Crippen molar-refractivity contribution < 1.29 is 34.1 Å². The zero-order valence-electron chi connectivity index (χ0n) is 17.1. The van der Waals surface area contributed by atoms with Gasteiger partial charge < -0.3 is 25.0 Å². The van der Waals surface area contributed by atoms with Crippen LogP contribution in [-0.2, 0) is 29.2 Å². The monoisotopic (exact) mass is 415 g/mol. The molecule has 3 N–H and O–H groups in total. The average molecular weight is 415 g/mol. The maximum Gasteiger partial charge on any atom is 0.407 e. The Kier molecular flexibility index (Phi) is 7.54. The molecule has 0 atom stereocenters. The summed E-state index contributed by atoms with van der Waals surface area (Å²) in [5.41, 5.74) is 1.28. The molecule has 1 amide bonds. The van der Waals surface area contributed by atoms with E-state index < -0.39 is 23.6 Å². The molecule has 0 heterocycles. The molecule has 0 unspecified atom stereocenters. The van der Waals surface area contributed by atoms with Crippen LogP contribution in [0.15, 0.2) is 42.5 Å². The fourth-order valence-corrected chi connectivity index (χ4v) is 2.57. The van der Waals surface area contributed by atoms with Gasteiger partial charge in [0.15, 0.2) is 0 Å². The molecule has 2 aromatic carbocycles. The second-order valence-electron chi connectivity index (χ2n) is 7.65. The third-order valence-electron chi connectivity index (χ3n) is 3.94. The minimum absolute atomic E-state index is 0.141. The van der Waals surface area contributed by atoms with Crippen molar-refractivity contribution in [1.29, 1.82) is 0 Å². The van der Waals surface area contributed by atoms with Gasteiger partial charge in [0.05, 0.1) is 24.3 Å². The molecular formula is C22H25NO7. The van der Waals surface area contributed by atoms with E-state index in [0.717, 1.165) is 11.1 Å². The lowest BCUT2D eigenvalue weighted by Crippen LogP contribution is -2.32. The molecular weight excluding hydrogens is 390 g/mol. The summed E-state index contributed by atoms with van der Waals surface area (Å²) in [4.78, 5) is 34.0. The topological polar surface area (TPSA) is 122 Å². The van der Waals surface area contributed by atoms with Crippen LogP contribution < -0.4 is 5.32 Å². The molecule has 0 aliphatic carbocycles. The summed E-state index contributed by atoms with van der Waals surface area (Å²) in [6.45, 7) is 6.16. The van der Waals surface area contributed by atoms with Gasteiger partial charge in [-0.05, 0) is 49.6 Å². The van der Waals surface area contributed by atoms with Gasteiger partial charge in [0.25, 0.3) is 0 Å². The van der Waals surface area contributed by atoms with Gasteiger partial charge in [-0.15, -0.1) is 0 Å². The minimum Gasteiger partial charge on any atom is -0.478 e. The maximum absolute atomic E-state index is 11.7. The molecule has 0 fully saturated rings. The van der Waals surface area contributed by atoms with E-state index in [9.17, 15) is 14.4 Å². The first kappa shape index (κ1) is 22.9. The molecule has 0 bridgehead atoms. The van der Waals surface area contributed by atoms with Crippen LogP contribution in [0.3, 0.4) is 0 Å². The largest absolute Gasteiger partial charge is 0.478 e. The fourth-order valence-electron chi connectivity index (χ4n) is 2.57. The lowest BCUT2D eigenvalue weighted by atomic mass is 10.0. The highest BCUT2D eigenvalue weighted by Gasteiger charge is 2.17. The van der Waals surface area contributed by atoms with Gasteiger partial charge in [-0.3, -0.25) is 0 Å². The Hall–Kier alpha value is -3.39. The summed E-state index contributed by atoms with van der Waals surface area (Å²) in [6, 6.07) is 11.5. The summed E-state index contributed by atoms with van der Waals surface area (Å²) in [6.07, 6.45) is -0.482. The second kappa shape index (κ2) is 9.89. The number of aromatic carboxylic acids is 2. The molecule has 160 valence electrons. The molecule has 0 aliphatic rings. The normalized spacial score (nSPS) is 11.0. The van der Waals surface area contributed by atoms with Gasteiger partial charge in [0.1, 0.15) is 5.60 Å². The molecule has 8 nitrogen and oxygen atoms in total. The number of alkyl carbamates (subject to hydrolysis) is 1. The summed E-state index contributed by atoms with van der Waals surface area (Å²) in [7, 11) is 0. The van der Waals surface area contributed by atoms with Crippen LogP contribution in [0, 0.1) is 0 Å². The van der Waals surface area contributed by atoms with Crippen molar-refractivity contribution in [1.82, 2.24) is 5.32 Å². The lowest BCUT2D eigenvalue weighted by Gasteiger charge is -2.19. The van der Waals surface area contributed by atoms with E-state index in [1.807, 2.05) is 24.3 Å². The molecule has 0 aliphatic heterocycles. The molecule has 0 aromatic heterocycles. The van der Waals surface area contributed by atoms with Crippen molar-refractivity contribution in [3.05, 3.63) is 70.3 Å². The predicted molar refractivity (Wildman–Crippen MR) is 108 cm³/mol. The average Bonchev–Trinajstić information content (AvgIpc) is 2.65. The van der Waals surface area contributed by atoms with E-state index in [2.05, 4.69) is 5.32 Å². The molecule has 8 heteroatoms. The van der Waals surface area contributed by atoms with Crippen LogP contribution in [0.4, 0.5) is 4.79 Å². The zero-order chi connectivity index (χ0) is 22.3. The van der Waals surface area contributed by atoms with Crippen LogP contribution >= 0.6 is 0 Å². The van der Waals surface area contributed by atoms with E-state index in [-0.39, 0.29) is 17.7 Å². The molecule has 0 radical (unpaired) electrons. The summed E-state index contributed by atoms with van der Waals surface area (Å²) in [5, 5.41) is 20.9. The van der Waals surface area contributed by atoms with Crippen LogP contribution in [0.1, 0.15) is 58.2 Å². The first-order chi connectivity index (χ1) is 14.0. The molecule has 0 saturated heterocycles. The smallest absolute Gasteiger partial charge is 0.407 e.